The van der Waals surface area contributed by atoms with Crippen molar-refractivity contribution in [3.05, 3.63) is 17.0 Å². The van der Waals surface area contributed by atoms with Gasteiger partial charge in [-0.15, -0.1) is 11.8 Å². The van der Waals surface area contributed by atoms with E-state index in [2.05, 4.69) is 9.97 Å². The van der Waals surface area contributed by atoms with Crippen LogP contribution in [0.3, 0.4) is 0 Å². The van der Waals surface area contributed by atoms with Crippen molar-refractivity contribution in [1.29, 1.82) is 0 Å². The average Bonchev–Trinajstić information content (AvgIpc) is 2.17. The number of methoxy groups -OCH3 is 1. The van der Waals surface area contributed by atoms with E-state index in [9.17, 15) is 0 Å². The van der Waals surface area contributed by atoms with Gasteiger partial charge in [-0.3, -0.25) is 0 Å². The van der Waals surface area contributed by atoms with Crippen LogP contribution in [0, 0.1) is 0 Å². The monoisotopic (exact) mass is 232 g/mol. The van der Waals surface area contributed by atoms with Crippen molar-refractivity contribution < 1.29 is 4.74 Å². The SMILES string of the molecule is CCc1nc(Cl)cc(SCCOC)n1. The molecule has 0 saturated heterocycles. The summed E-state index contributed by atoms with van der Waals surface area (Å²) in [7, 11) is 1.69. The third-order valence-electron chi connectivity index (χ3n) is 1.57. The van der Waals surface area contributed by atoms with Gasteiger partial charge in [0.1, 0.15) is 16.0 Å². The first-order valence-electron chi connectivity index (χ1n) is 4.41. The Morgan fingerprint density at radius 2 is 2.29 bits per heavy atom. The molecule has 0 aliphatic heterocycles. The third-order valence-corrected chi connectivity index (χ3v) is 2.64. The number of rotatable bonds is 5. The van der Waals surface area contributed by atoms with Crippen LogP contribution in [0.4, 0.5) is 0 Å². The number of nitrogens with zero attached hydrogens (tertiary/aromatic N) is 2. The van der Waals surface area contributed by atoms with Crippen LogP contribution in [0.25, 0.3) is 0 Å². The van der Waals surface area contributed by atoms with Crippen LogP contribution >= 0.6 is 23.4 Å². The molecule has 0 aromatic carbocycles. The minimum absolute atomic E-state index is 0.511. The molecule has 78 valence electrons. The number of hydrogen-bond donors (Lipinski definition) is 0. The molecule has 1 aromatic heterocycles. The first-order valence-corrected chi connectivity index (χ1v) is 5.77. The van der Waals surface area contributed by atoms with Crippen LogP contribution in [0.5, 0.6) is 0 Å². The second-order valence-corrected chi connectivity index (χ2v) is 4.14. The van der Waals surface area contributed by atoms with Gasteiger partial charge in [0.15, 0.2) is 0 Å². The maximum absolute atomic E-state index is 5.85. The first-order chi connectivity index (χ1) is 6.76. The molecule has 0 amide bonds. The molecule has 0 atom stereocenters. The van der Waals surface area contributed by atoms with Gasteiger partial charge < -0.3 is 4.74 Å². The Balaban J connectivity index is 2.62. The normalized spacial score (nSPS) is 10.5. The average molecular weight is 233 g/mol. The highest BCUT2D eigenvalue weighted by Gasteiger charge is 2.01. The van der Waals surface area contributed by atoms with Crippen molar-refractivity contribution >= 4 is 23.4 Å². The van der Waals surface area contributed by atoms with Crippen LogP contribution in [0.15, 0.2) is 11.1 Å². The maximum atomic E-state index is 5.85. The lowest BCUT2D eigenvalue weighted by molar-refractivity contribution is 0.218. The van der Waals surface area contributed by atoms with E-state index in [0.29, 0.717) is 11.8 Å². The van der Waals surface area contributed by atoms with Crippen LogP contribution in [-0.2, 0) is 11.2 Å². The Morgan fingerprint density at radius 3 is 2.93 bits per heavy atom. The number of ether oxygens (including phenoxy) is 1. The van der Waals surface area contributed by atoms with Crippen molar-refractivity contribution in [3.63, 3.8) is 0 Å². The fraction of sp³-hybridized carbons (Fsp3) is 0.556. The van der Waals surface area contributed by atoms with Gasteiger partial charge in [0.05, 0.1) is 6.61 Å². The molecule has 5 heteroatoms. The van der Waals surface area contributed by atoms with Crippen LogP contribution in [-0.4, -0.2) is 29.4 Å². The van der Waals surface area contributed by atoms with Gasteiger partial charge in [0, 0.05) is 25.3 Å². The summed E-state index contributed by atoms with van der Waals surface area (Å²) in [6, 6.07) is 1.78. The summed E-state index contributed by atoms with van der Waals surface area (Å²) < 4.78 is 4.95. The molecule has 0 aliphatic carbocycles. The summed E-state index contributed by atoms with van der Waals surface area (Å²) in [4.78, 5) is 8.43. The number of halogens is 1. The molecular weight excluding hydrogens is 220 g/mol. The largest absolute Gasteiger partial charge is 0.384 e. The standard InChI is InChI=1S/C9H13ClN2OS/c1-3-8-11-7(10)6-9(12-8)14-5-4-13-2/h6H,3-5H2,1-2H3. The molecule has 1 aromatic rings. The quantitative estimate of drug-likeness (QED) is 0.444. The predicted molar refractivity (Wildman–Crippen MR) is 59.0 cm³/mol. The molecule has 0 unspecified atom stereocenters. The highest BCUT2D eigenvalue weighted by atomic mass is 35.5. The highest BCUT2D eigenvalue weighted by molar-refractivity contribution is 7.99. The molecule has 0 spiro atoms. The maximum Gasteiger partial charge on any atom is 0.133 e. The molecule has 0 aliphatic rings. The predicted octanol–water partition coefficient (Wildman–Crippen LogP) is 2.43. The molecule has 0 N–H and O–H groups in total. The van der Waals surface area contributed by atoms with Gasteiger partial charge in [-0.1, -0.05) is 18.5 Å². The van der Waals surface area contributed by atoms with Crippen LogP contribution in [0.2, 0.25) is 5.15 Å². The van der Waals surface area contributed by atoms with E-state index < -0.39 is 0 Å². The van der Waals surface area contributed by atoms with Crippen LogP contribution < -0.4 is 0 Å². The first kappa shape index (κ1) is 11.8. The fourth-order valence-electron chi connectivity index (χ4n) is 0.904. The molecule has 1 heterocycles. The van der Waals surface area contributed by atoms with Gasteiger partial charge in [-0.25, -0.2) is 9.97 Å². The summed E-state index contributed by atoms with van der Waals surface area (Å²) in [5.41, 5.74) is 0. The number of hydrogen-bond acceptors (Lipinski definition) is 4. The van der Waals surface area contributed by atoms with Gasteiger partial charge >= 0.3 is 0 Å². The summed E-state index contributed by atoms with van der Waals surface area (Å²) in [6.45, 7) is 2.73. The minimum atomic E-state index is 0.511. The zero-order chi connectivity index (χ0) is 10.4. The second-order valence-electron chi connectivity index (χ2n) is 2.64. The lowest BCUT2D eigenvalue weighted by Gasteiger charge is -2.02. The Bertz CT molecular complexity index is 296. The van der Waals surface area contributed by atoms with Crippen molar-refractivity contribution in [2.24, 2.45) is 0 Å². The van der Waals surface area contributed by atoms with Gasteiger partial charge in [-0.2, -0.15) is 0 Å². The van der Waals surface area contributed by atoms with E-state index in [1.165, 1.54) is 0 Å². The topological polar surface area (TPSA) is 35.0 Å². The van der Waals surface area contributed by atoms with Gasteiger partial charge in [0.25, 0.3) is 0 Å². The third kappa shape index (κ3) is 3.82. The molecule has 3 nitrogen and oxygen atoms in total. The number of aromatic nitrogens is 2. The Kier molecular flexibility index (Phi) is 5.22. The van der Waals surface area contributed by atoms with Crippen molar-refractivity contribution in [2.75, 3.05) is 19.5 Å². The highest BCUT2D eigenvalue weighted by Crippen LogP contribution is 2.18. The van der Waals surface area contributed by atoms with Crippen molar-refractivity contribution in [2.45, 2.75) is 18.4 Å². The summed E-state index contributed by atoms with van der Waals surface area (Å²) >= 11 is 7.47. The Morgan fingerprint density at radius 1 is 1.50 bits per heavy atom. The zero-order valence-electron chi connectivity index (χ0n) is 8.29. The fourth-order valence-corrected chi connectivity index (χ4v) is 1.99. The minimum Gasteiger partial charge on any atom is -0.384 e. The summed E-state index contributed by atoms with van der Waals surface area (Å²) in [6.07, 6.45) is 0.804. The molecule has 0 fully saturated rings. The van der Waals surface area contributed by atoms with E-state index in [0.717, 1.165) is 23.0 Å². The summed E-state index contributed by atoms with van der Waals surface area (Å²) in [5.74, 6) is 1.67. The number of aryl methyl sites for hydroxylation is 1. The molecule has 0 bridgehead atoms. The molecular formula is C9H13ClN2OS. The van der Waals surface area contributed by atoms with E-state index in [1.807, 2.05) is 6.92 Å². The lowest BCUT2D eigenvalue weighted by Crippen LogP contribution is -1.97. The van der Waals surface area contributed by atoms with E-state index in [1.54, 1.807) is 24.9 Å². The second kappa shape index (κ2) is 6.22. The molecule has 0 radical (unpaired) electrons. The Labute approximate surface area is 93.2 Å². The molecule has 1 rings (SSSR count). The van der Waals surface area contributed by atoms with Gasteiger partial charge in [-0.05, 0) is 0 Å². The van der Waals surface area contributed by atoms with E-state index in [4.69, 9.17) is 16.3 Å². The Hall–Kier alpha value is -0.320. The molecule has 14 heavy (non-hydrogen) atoms. The number of thioether (sulfide) groups is 1. The van der Waals surface area contributed by atoms with Gasteiger partial charge in [0.2, 0.25) is 0 Å². The zero-order valence-corrected chi connectivity index (χ0v) is 9.86. The molecule has 0 saturated carbocycles. The van der Waals surface area contributed by atoms with Crippen LogP contribution in [0.1, 0.15) is 12.7 Å². The van der Waals surface area contributed by atoms with E-state index in [-0.39, 0.29) is 0 Å². The smallest absolute Gasteiger partial charge is 0.133 e. The lowest BCUT2D eigenvalue weighted by atomic mass is 10.4. The van der Waals surface area contributed by atoms with Crippen molar-refractivity contribution in [3.8, 4) is 0 Å². The van der Waals surface area contributed by atoms with Crippen molar-refractivity contribution in [1.82, 2.24) is 9.97 Å². The van der Waals surface area contributed by atoms with E-state index >= 15 is 0 Å². The summed E-state index contributed by atoms with van der Waals surface area (Å²) in [5, 5.41) is 1.43.